The second-order valence-corrected chi connectivity index (χ2v) is 7.35. The van der Waals surface area contributed by atoms with Crippen LogP contribution < -0.4 is 4.72 Å². The molecule has 0 bridgehead atoms. The summed E-state index contributed by atoms with van der Waals surface area (Å²) in [5, 5.41) is 5.57. The zero-order valence-electron chi connectivity index (χ0n) is 13.9. The molecular weight excluding hydrogens is 310 g/mol. The van der Waals surface area contributed by atoms with Crippen LogP contribution in [0.15, 0.2) is 35.7 Å². The van der Waals surface area contributed by atoms with Crippen molar-refractivity contribution in [1.82, 2.24) is 14.5 Å². The molecule has 0 saturated carbocycles. The molecule has 0 unspecified atom stereocenters. The predicted molar refractivity (Wildman–Crippen MR) is 93.4 cm³/mol. The monoisotopic (exact) mass is 333 g/mol. The number of sulfonamides is 1. The third-order valence-electron chi connectivity index (χ3n) is 3.77. The molecule has 0 amide bonds. The second-order valence-electron chi connectivity index (χ2n) is 5.75. The smallest absolute Gasteiger partial charge is 0.233 e. The van der Waals surface area contributed by atoms with Crippen LogP contribution in [0.4, 0.5) is 0 Å². The largest absolute Gasteiger partial charge is 0.272 e. The highest BCUT2D eigenvalue weighted by atomic mass is 32.2. The van der Waals surface area contributed by atoms with Crippen LogP contribution in [0, 0.1) is 13.8 Å². The van der Waals surface area contributed by atoms with Crippen molar-refractivity contribution in [3.63, 3.8) is 0 Å². The molecule has 6 heteroatoms. The highest BCUT2D eigenvalue weighted by molar-refractivity contribution is 7.92. The molecule has 0 aliphatic heterocycles. The molecule has 1 atom stereocenters. The molecule has 0 aliphatic rings. The fraction of sp³-hybridized carbons (Fsp3) is 0.353. The molecule has 0 radical (unpaired) electrons. The lowest BCUT2D eigenvalue weighted by Crippen LogP contribution is -2.32. The van der Waals surface area contributed by atoms with Gasteiger partial charge in [-0.2, -0.15) is 5.10 Å². The number of rotatable bonds is 6. The molecule has 1 aromatic heterocycles. The van der Waals surface area contributed by atoms with Crippen LogP contribution in [0.25, 0.3) is 6.08 Å². The first kappa shape index (κ1) is 17.4. The SMILES string of the molecule is Cc1nn(C)c(C)c1C[C@H](C)NS(=O)(=O)/C=C\c1ccccc1. The maximum atomic E-state index is 12.2. The Morgan fingerprint density at radius 3 is 2.48 bits per heavy atom. The van der Waals surface area contributed by atoms with Crippen LogP contribution in [-0.2, 0) is 23.5 Å². The molecule has 1 N–H and O–H groups in total. The first-order chi connectivity index (χ1) is 10.8. The van der Waals surface area contributed by atoms with E-state index in [1.165, 1.54) is 5.41 Å². The Kier molecular flexibility index (Phi) is 5.38. The molecule has 1 aromatic carbocycles. The fourth-order valence-corrected chi connectivity index (χ4v) is 3.57. The maximum Gasteiger partial charge on any atom is 0.233 e. The van der Waals surface area contributed by atoms with Crippen LogP contribution in [0.1, 0.15) is 29.4 Å². The molecule has 2 rings (SSSR count). The lowest BCUT2D eigenvalue weighted by Gasteiger charge is -2.12. The molecule has 5 nitrogen and oxygen atoms in total. The van der Waals surface area contributed by atoms with Gasteiger partial charge in [0.1, 0.15) is 0 Å². The number of aromatic nitrogens is 2. The van der Waals surface area contributed by atoms with Gasteiger partial charge < -0.3 is 0 Å². The predicted octanol–water partition coefficient (Wildman–Crippen LogP) is 2.56. The van der Waals surface area contributed by atoms with E-state index in [2.05, 4.69) is 9.82 Å². The molecule has 1 heterocycles. The third-order valence-corrected chi connectivity index (χ3v) is 5.00. The summed E-state index contributed by atoms with van der Waals surface area (Å²) in [6.07, 6.45) is 2.21. The lowest BCUT2D eigenvalue weighted by atomic mass is 10.1. The van der Waals surface area contributed by atoms with Gasteiger partial charge in [0.25, 0.3) is 0 Å². The lowest BCUT2D eigenvalue weighted by molar-refractivity contribution is 0.568. The van der Waals surface area contributed by atoms with E-state index in [0.717, 1.165) is 22.5 Å². The fourth-order valence-electron chi connectivity index (χ4n) is 2.51. The molecule has 0 saturated heterocycles. The first-order valence-electron chi connectivity index (χ1n) is 7.53. The number of benzene rings is 1. The standard InChI is InChI=1S/C17H23N3O2S/c1-13(12-17-14(2)18-20(4)15(17)3)19-23(21,22)11-10-16-8-6-5-7-9-16/h5-11,13,19H,12H2,1-4H3/b11-10-/t13-/m0/s1. The van der Waals surface area contributed by atoms with Gasteiger partial charge in [0.2, 0.25) is 10.0 Å². The zero-order chi connectivity index (χ0) is 17.0. The quantitative estimate of drug-likeness (QED) is 0.883. The summed E-state index contributed by atoms with van der Waals surface area (Å²) < 4.78 is 28.8. The molecule has 0 fully saturated rings. The molecule has 124 valence electrons. The summed E-state index contributed by atoms with van der Waals surface area (Å²) in [6, 6.07) is 9.15. The summed E-state index contributed by atoms with van der Waals surface area (Å²) in [6.45, 7) is 5.80. The van der Waals surface area contributed by atoms with Gasteiger partial charge in [-0.15, -0.1) is 0 Å². The average molecular weight is 333 g/mol. The maximum absolute atomic E-state index is 12.2. The van der Waals surface area contributed by atoms with E-state index < -0.39 is 10.0 Å². The average Bonchev–Trinajstić information content (AvgIpc) is 2.72. The summed E-state index contributed by atoms with van der Waals surface area (Å²) in [5.74, 6) is 0. The van der Waals surface area contributed by atoms with Gasteiger partial charge >= 0.3 is 0 Å². The first-order valence-corrected chi connectivity index (χ1v) is 9.07. The minimum Gasteiger partial charge on any atom is -0.272 e. The minimum atomic E-state index is -3.48. The van der Waals surface area contributed by atoms with Crippen molar-refractivity contribution < 1.29 is 8.42 Å². The Hall–Kier alpha value is -1.92. The normalized spacial score (nSPS) is 13.6. The van der Waals surface area contributed by atoms with Crippen LogP contribution in [0.3, 0.4) is 0 Å². The summed E-state index contributed by atoms with van der Waals surface area (Å²) in [4.78, 5) is 0. The Morgan fingerprint density at radius 2 is 1.91 bits per heavy atom. The third kappa shape index (κ3) is 4.77. The summed E-state index contributed by atoms with van der Waals surface area (Å²) in [7, 11) is -1.58. The Labute approximate surface area is 138 Å². The molecular formula is C17H23N3O2S. The van der Waals surface area contributed by atoms with Gasteiger partial charge in [-0.05, 0) is 44.4 Å². The number of hydrogen-bond donors (Lipinski definition) is 1. The van der Waals surface area contributed by atoms with Crippen molar-refractivity contribution in [3.05, 3.63) is 58.3 Å². The van der Waals surface area contributed by atoms with E-state index in [-0.39, 0.29) is 6.04 Å². The van der Waals surface area contributed by atoms with E-state index in [9.17, 15) is 8.42 Å². The number of hydrogen-bond acceptors (Lipinski definition) is 3. The van der Waals surface area contributed by atoms with Crippen molar-refractivity contribution in [2.75, 3.05) is 0 Å². The molecule has 2 aromatic rings. The van der Waals surface area contributed by atoms with Gasteiger partial charge in [0, 0.05) is 24.2 Å². The van der Waals surface area contributed by atoms with Crippen molar-refractivity contribution in [2.24, 2.45) is 7.05 Å². The Bertz CT molecular complexity index is 793. The number of nitrogens with one attached hydrogen (secondary N) is 1. The topological polar surface area (TPSA) is 64.0 Å². The molecule has 0 aliphatic carbocycles. The van der Waals surface area contributed by atoms with Crippen molar-refractivity contribution in [1.29, 1.82) is 0 Å². The molecule has 23 heavy (non-hydrogen) atoms. The van der Waals surface area contributed by atoms with Crippen LogP contribution in [0.2, 0.25) is 0 Å². The van der Waals surface area contributed by atoms with Crippen molar-refractivity contribution >= 4 is 16.1 Å². The van der Waals surface area contributed by atoms with E-state index >= 15 is 0 Å². The highest BCUT2D eigenvalue weighted by Crippen LogP contribution is 2.14. The Balaban J connectivity index is 2.04. The van der Waals surface area contributed by atoms with Crippen LogP contribution in [0.5, 0.6) is 0 Å². The Morgan fingerprint density at radius 1 is 1.26 bits per heavy atom. The summed E-state index contributed by atoms with van der Waals surface area (Å²) >= 11 is 0. The van der Waals surface area contributed by atoms with Gasteiger partial charge in [-0.1, -0.05) is 30.3 Å². The molecule has 0 spiro atoms. The van der Waals surface area contributed by atoms with E-state index in [1.807, 2.05) is 62.8 Å². The van der Waals surface area contributed by atoms with Crippen LogP contribution >= 0.6 is 0 Å². The van der Waals surface area contributed by atoms with Gasteiger partial charge in [0.15, 0.2) is 0 Å². The summed E-state index contributed by atoms with van der Waals surface area (Å²) in [5.41, 5.74) is 3.95. The van der Waals surface area contributed by atoms with Gasteiger partial charge in [0.05, 0.1) is 5.69 Å². The minimum absolute atomic E-state index is 0.206. The van der Waals surface area contributed by atoms with E-state index in [4.69, 9.17) is 0 Å². The van der Waals surface area contributed by atoms with Crippen LogP contribution in [-0.4, -0.2) is 24.2 Å². The number of aryl methyl sites for hydroxylation is 2. The van der Waals surface area contributed by atoms with Crippen molar-refractivity contribution in [2.45, 2.75) is 33.2 Å². The second kappa shape index (κ2) is 7.10. The van der Waals surface area contributed by atoms with E-state index in [1.54, 1.807) is 6.08 Å². The van der Waals surface area contributed by atoms with E-state index in [0.29, 0.717) is 6.42 Å². The van der Waals surface area contributed by atoms with Gasteiger partial charge in [-0.3, -0.25) is 4.68 Å². The number of nitrogens with zero attached hydrogens (tertiary/aromatic N) is 2. The van der Waals surface area contributed by atoms with Gasteiger partial charge in [-0.25, -0.2) is 13.1 Å². The highest BCUT2D eigenvalue weighted by Gasteiger charge is 2.16. The van der Waals surface area contributed by atoms with Crippen molar-refractivity contribution in [3.8, 4) is 0 Å². The zero-order valence-corrected chi connectivity index (χ0v) is 14.8.